The number of rotatable bonds is 7. The number of aryl methyl sites for hydroxylation is 1. The van der Waals surface area contributed by atoms with Crippen LogP contribution in [0.15, 0.2) is 85.1 Å². The molecular weight excluding hydrogens is 790 g/mol. The van der Waals surface area contributed by atoms with Crippen molar-refractivity contribution in [3.8, 4) is 10.4 Å². The van der Waals surface area contributed by atoms with E-state index in [0.29, 0.717) is 46.0 Å². The fourth-order valence-corrected chi connectivity index (χ4v) is 9.30. The molecule has 11 heteroatoms. The van der Waals surface area contributed by atoms with Crippen LogP contribution >= 0.6 is 33.9 Å². The molecule has 2 aromatic heterocycles. The van der Waals surface area contributed by atoms with Crippen molar-refractivity contribution in [2.45, 2.75) is 32.6 Å². The monoisotopic (exact) mass is 826 g/mol. The number of fused-ring (bicyclic) bond motifs is 3. The number of para-hydroxylation sites is 1. The minimum absolute atomic E-state index is 0.00858. The second-order valence-corrected chi connectivity index (χ2v) is 16.1. The molecule has 0 aliphatic carbocycles. The number of benzene rings is 3. The summed E-state index contributed by atoms with van der Waals surface area (Å²) in [7, 11) is 0. The molecule has 1 N–H and O–H groups in total. The Morgan fingerprint density at radius 2 is 1.77 bits per heavy atom. The van der Waals surface area contributed by atoms with Gasteiger partial charge in [-0.2, -0.15) is 0 Å². The zero-order chi connectivity index (χ0) is 36.0. The van der Waals surface area contributed by atoms with Gasteiger partial charge in [0.2, 0.25) is 0 Å². The number of Topliss-reactive ketones (excluding diaryl/α,β-unsaturated/α-hetero) is 1. The van der Waals surface area contributed by atoms with Crippen LogP contribution in [0.2, 0.25) is 0 Å². The van der Waals surface area contributed by atoms with E-state index in [1.54, 1.807) is 47.5 Å². The predicted octanol–water partition coefficient (Wildman–Crippen LogP) is 8.36. The van der Waals surface area contributed by atoms with Crippen LogP contribution < -0.4 is 15.1 Å². The number of ketones is 1. The van der Waals surface area contributed by atoms with Gasteiger partial charge >= 0.3 is 0 Å². The molecule has 8 nitrogen and oxygen atoms in total. The average Bonchev–Trinajstić information content (AvgIpc) is 3.51. The number of anilines is 3. The lowest BCUT2D eigenvalue weighted by atomic mass is 9.73. The number of amides is 2. The lowest BCUT2D eigenvalue weighted by molar-refractivity contribution is -0.000511. The van der Waals surface area contributed by atoms with Gasteiger partial charge in [-0.25, -0.2) is 9.37 Å². The van der Waals surface area contributed by atoms with Gasteiger partial charge in [-0.3, -0.25) is 14.4 Å². The minimum atomic E-state index is -0.378. The van der Waals surface area contributed by atoms with Gasteiger partial charge in [-0.15, -0.1) is 11.3 Å². The van der Waals surface area contributed by atoms with Crippen LogP contribution in [0.3, 0.4) is 0 Å². The average molecular weight is 827 g/mol. The van der Waals surface area contributed by atoms with Crippen LogP contribution in [0.1, 0.15) is 59.9 Å². The number of nitrogens with one attached hydrogen (secondary N) is 1. The quantitative estimate of drug-likeness (QED) is 0.131. The molecule has 3 aromatic carbocycles. The zero-order valence-electron chi connectivity index (χ0n) is 28.6. The number of carbonyl (C=O) groups is 3. The van der Waals surface area contributed by atoms with E-state index >= 15 is 0 Å². The number of hydrogen-bond acceptors (Lipinski definition) is 7. The van der Waals surface area contributed by atoms with Crippen LogP contribution in [0.5, 0.6) is 0 Å². The van der Waals surface area contributed by atoms with Crippen molar-refractivity contribution in [1.29, 1.82) is 0 Å². The van der Waals surface area contributed by atoms with Crippen molar-refractivity contribution in [2.24, 2.45) is 5.41 Å². The second-order valence-electron chi connectivity index (χ2n) is 13.9. The number of nitrogens with zero attached hydrogens (tertiary/aromatic N) is 3. The molecule has 2 fully saturated rings. The molecule has 3 aliphatic heterocycles. The summed E-state index contributed by atoms with van der Waals surface area (Å²) in [6.45, 7) is 5.64. The Bertz CT molecular complexity index is 2190. The van der Waals surface area contributed by atoms with Gasteiger partial charge in [0.15, 0.2) is 5.78 Å². The standard InChI is InChI=1S/C41H36FIN4O4S/c1-25-19-31(38(44-22-25)46-23-41(24-46)14-17-51-18-15-41)39(49)45-28-11-9-26(10-12-28)40(50)47-16-13-27-20-36(52-37(27)29-5-2-3-8-34(29)47)35(48)21-30-32(42)6-4-7-33(30)43/h2-12,19-20,22H,13-18,21,23-24H2,1H3,(H,45,49). The number of halogens is 2. The van der Waals surface area contributed by atoms with Gasteiger partial charge in [0.05, 0.1) is 16.1 Å². The van der Waals surface area contributed by atoms with Crippen molar-refractivity contribution in [2.75, 3.05) is 48.0 Å². The van der Waals surface area contributed by atoms with Crippen LogP contribution in [0, 0.1) is 21.7 Å². The summed E-state index contributed by atoms with van der Waals surface area (Å²) in [6.07, 6.45) is 4.41. The van der Waals surface area contributed by atoms with Crippen molar-refractivity contribution in [3.63, 3.8) is 0 Å². The lowest BCUT2D eigenvalue weighted by Crippen LogP contribution is -2.59. The Labute approximate surface area is 319 Å². The molecule has 0 saturated carbocycles. The van der Waals surface area contributed by atoms with Gasteiger partial charge in [0.25, 0.3) is 11.8 Å². The SMILES string of the molecule is Cc1cnc(N2CC3(CCOCC3)C2)c(C(=O)Nc2ccc(C(=O)N3CCc4cc(C(=O)Cc5c(F)cccc5I)sc4-c4ccccc43)cc2)c1. The van der Waals surface area contributed by atoms with Gasteiger partial charge < -0.3 is 19.9 Å². The summed E-state index contributed by atoms with van der Waals surface area (Å²) in [5.41, 5.74) is 5.80. The molecule has 2 saturated heterocycles. The molecule has 2 amide bonds. The highest BCUT2D eigenvalue weighted by atomic mass is 127. The fraction of sp³-hybridized carbons (Fsp3) is 0.268. The Hall–Kier alpha value is -4.46. The number of hydrogen-bond donors (Lipinski definition) is 1. The molecule has 0 bridgehead atoms. The number of pyridine rings is 1. The highest BCUT2D eigenvalue weighted by molar-refractivity contribution is 14.1. The first kappa shape index (κ1) is 34.6. The van der Waals surface area contributed by atoms with E-state index in [1.807, 2.05) is 43.3 Å². The first-order valence-corrected chi connectivity index (χ1v) is 19.3. The second kappa shape index (κ2) is 14.2. The molecule has 5 aromatic rings. The number of ether oxygens (including phenoxy) is 1. The molecule has 0 radical (unpaired) electrons. The third-order valence-electron chi connectivity index (χ3n) is 10.3. The highest BCUT2D eigenvalue weighted by Crippen LogP contribution is 2.44. The van der Waals surface area contributed by atoms with E-state index in [2.05, 4.69) is 37.8 Å². The van der Waals surface area contributed by atoms with Crippen LogP contribution in [-0.2, 0) is 17.6 Å². The normalized spacial score (nSPS) is 16.1. The smallest absolute Gasteiger partial charge is 0.259 e. The summed E-state index contributed by atoms with van der Waals surface area (Å²) in [5.74, 6) is -0.214. The molecule has 52 heavy (non-hydrogen) atoms. The van der Waals surface area contributed by atoms with Crippen molar-refractivity contribution in [3.05, 3.63) is 127 Å². The number of aromatic nitrogens is 1. The zero-order valence-corrected chi connectivity index (χ0v) is 31.6. The Morgan fingerprint density at radius 3 is 2.54 bits per heavy atom. The van der Waals surface area contributed by atoms with Crippen molar-refractivity contribution >= 4 is 68.7 Å². The molecule has 0 unspecified atom stereocenters. The topological polar surface area (TPSA) is 91.8 Å². The van der Waals surface area contributed by atoms with Crippen LogP contribution in [0.4, 0.5) is 21.6 Å². The molecular formula is C41H36FIN4O4S. The maximum Gasteiger partial charge on any atom is 0.259 e. The maximum absolute atomic E-state index is 14.5. The lowest BCUT2D eigenvalue weighted by Gasteiger charge is -2.53. The Morgan fingerprint density at radius 1 is 1.00 bits per heavy atom. The Balaban J connectivity index is 0.976. The van der Waals surface area contributed by atoms with Crippen LogP contribution in [-0.4, -0.2) is 55.4 Å². The summed E-state index contributed by atoms with van der Waals surface area (Å²) in [5, 5.41) is 3.02. The van der Waals surface area contributed by atoms with E-state index in [1.165, 1.54) is 17.4 Å². The van der Waals surface area contributed by atoms with E-state index in [9.17, 15) is 18.8 Å². The third kappa shape index (κ3) is 6.65. The van der Waals surface area contributed by atoms with E-state index in [-0.39, 0.29) is 35.3 Å². The molecule has 8 rings (SSSR count). The van der Waals surface area contributed by atoms with E-state index in [0.717, 1.165) is 70.0 Å². The van der Waals surface area contributed by atoms with Gasteiger partial charge in [-0.05, 0) is 115 Å². The molecule has 0 atom stereocenters. The molecule has 264 valence electrons. The number of carbonyl (C=O) groups excluding carboxylic acids is 3. The van der Waals surface area contributed by atoms with Gasteiger partial charge in [-0.1, -0.05) is 24.3 Å². The van der Waals surface area contributed by atoms with E-state index in [4.69, 9.17) is 4.74 Å². The van der Waals surface area contributed by atoms with Gasteiger partial charge in [0.1, 0.15) is 11.6 Å². The first-order valence-electron chi connectivity index (χ1n) is 17.4. The number of thiophene rings is 1. The van der Waals surface area contributed by atoms with Gasteiger partial charge in [0, 0.05) is 81.7 Å². The molecule has 1 spiro atoms. The summed E-state index contributed by atoms with van der Waals surface area (Å²) >= 11 is 3.46. The third-order valence-corrected chi connectivity index (χ3v) is 12.6. The largest absolute Gasteiger partial charge is 0.381 e. The highest BCUT2D eigenvalue weighted by Gasteiger charge is 2.45. The molecule has 3 aliphatic rings. The predicted molar refractivity (Wildman–Crippen MR) is 210 cm³/mol. The van der Waals surface area contributed by atoms with Crippen molar-refractivity contribution < 1.29 is 23.5 Å². The van der Waals surface area contributed by atoms with Crippen LogP contribution in [0.25, 0.3) is 10.4 Å². The summed E-state index contributed by atoms with van der Waals surface area (Å²) in [6, 6.07) is 23.3. The minimum Gasteiger partial charge on any atom is -0.381 e. The molecule has 5 heterocycles. The van der Waals surface area contributed by atoms with E-state index < -0.39 is 0 Å². The Kier molecular flexibility index (Phi) is 9.43. The summed E-state index contributed by atoms with van der Waals surface area (Å²) < 4.78 is 20.8. The maximum atomic E-state index is 14.5. The fourth-order valence-electron chi connectivity index (χ4n) is 7.46. The van der Waals surface area contributed by atoms with Crippen molar-refractivity contribution in [1.82, 2.24) is 4.98 Å². The summed E-state index contributed by atoms with van der Waals surface area (Å²) in [4.78, 5) is 51.1. The first-order chi connectivity index (χ1) is 25.2.